The molecule has 0 aromatic carbocycles. The smallest absolute Gasteiger partial charge is 0.317 e. The molecule has 1 aliphatic rings. The van der Waals surface area contributed by atoms with E-state index in [1.807, 2.05) is 13.8 Å². The lowest BCUT2D eigenvalue weighted by Crippen LogP contribution is -2.45. The quantitative estimate of drug-likeness (QED) is 0.732. The third-order valence-electron chi connectivity index (χ3n) is 3.43. The van der Waals surface area contributed by atoms with E-state index in [2.05, 4.69) is 12.2 Å². The number of carboxylic acids is 1. The Balaban J connectivity index is 2.36. The molecule has 0 aliphatic heterocycles. The lowest BCUT2D eigenvalue weighted by Gasteiger charge is -2.27. The monoisotopic (exact) mass is 256 g/mol. The van der Waals surface area contributed by atoms with Gasteiger partial charge in [-0.25, -0.2) is 4.79 Å². The van der Waals surface area contributed by atoms with Crippen LogP contribution in [-0.2, 0) is 4.79 Å². The number of nitrogens with one attached hydrogen (secondary N) is 1. The van der Waals surface area contributed by atoms with Gasteiger partial charge in [-0.05, 0) is 32.6 Å². The Labute approximate surface area is 109 Å². The summed E-state index contributed by atoms with van der Waals surface area (Å²) in [6.45, 7) is 6.53. The van der Waals surface area contributed by atoms with Crippen molar-refractivity contribution in [2.24, 2.45) is 5.92 Å². The van der Waals surface area contributed by atoms with Crippen molar-refractivity contribution in [2.75, 3.05) is 6.54 Å². The highest BCUT2D eigenvalue weighted by Crippen LogP contribution is 2.33. The van der Waals surface area contributed by atoms with Gasteiger partial charge in [0.1, 0.15) is 0 Å². The maximum Gasteiger partial charge on any atom is 0.317 e. The molecular weight excluding hydrogens is 232 g/mol. The standard InChI is InChI=1S/C13H24N2O3/c1-4-10-8-11(10)14-13(18)15(9(2)3)7-5-6-12(16)17/h9-11H,4-8H2,1-3H3,(H,14,18)(H,16,17). The van der Waals surface area contributed by atoms with Crippen LogP contribution in [0, 0.1) is 5.92 Å². The van der Waals surface area contributed by atoms with Crippen molar-refractivity contribution in [1.82, 2.24) is 10.2 Å². The van der Waals surface area contributed by atoms with E-state index < -0.39 is 5.97 Å². The van der Waals surface area contributed by atoms with Crippen LogP contribution >= 0.6 is 0 Å². The fourth-order valence-corrected chi connectivity index (χ4v) is 2.11. The fourth-order valence-electron chi connectivity index (χ4n) is 2.11. The average Bonchev–Trinajstić information content (AvgIpc) is 3.01. The number of amides is 2. The Hall–Kier alpha value is -1.26. The summed E-state index contributed by atoms with van der Waals surface area (Å²) in [5.41, 5.74) is 0. The lowest BCUT2D eigenvalue weighted by atomic mass is 10.2. The Kier molecular flexibility index (Phi) is 5.44. The van der Waals surface area contributed by atoms with Gasteiger partial charge in [0, 0.05) is 25.0 Å². The average molecular weight is 256 g/mol. The Bertz CT molecular complexity index is 305. The maximum atomic E-state index is 12.0. The summed E-state index contributed by atoms with van der Waals surface area (Å²) in [5, 5.41) is 11.6. The van der Waals surface area contributed by atoms with E-state index in [4.69, 9.17) is 5.11 Å². The van der Waals surface area contributed by atoms with Gasteiger partial charge in [0.15, 0.2) is 0 Å². The van der Waals surface area contributed by atoms with Gasteiger partial charge < -0.3 is 15.3 Å². The van der Waals surface area contributed by atoms with Gasteiger partial charge in [-0.15, -0.1) is 0 Å². The third-order valence-corrected chi connectivity index (χ3v) is 3.43. The first-order chi connectivity index (χ1) is 8.45. The molecule has 2 atom stereocenters. The largest absolute Gasteiger partial charge is 0.481 e. The van der Waals surface area contributed by atoms with Crippen molar-refractivity contribution in [3.8, 4) is 0 Å². The Morgan fingerprint density at radius 1 is 1.44 bits per heavy atom. The number of hydrogen-bond acceptors (Lipinski definition) is 2. The Morgan fingerprint density at radius 2 is 2.11 bits per heavy atom. The van der Waals surface area contributed by atoms with Crippen molar-refractivity contribution in [1.29, 1.82) is 0 Å². The molecule has 18 heavy (non-hydrogen) atoms. The van der Waals surface area contributed by atoms with Gasteiger partial charge >= 0.3 is 12.0 Å². The normalized spacial score (nSPS) is 21.8. The van der Waals surface area contributed by atoms with Crippen molar-refractivity contribution in [3.05, 3.63) is 0 Å². The first kappa shape index (κ1) is 14.8. The number of carbonyl (C=O) groups excluding carboxylic acids is 1. The highest BCUT2D eigenvalue weighted by Gasteiger charge is 2.37. The molecule has 0 aromatic heterocycles. The number of hydrogen-bond donors (Lipinski definition) is 2. The van der Waals surface area contributed by atoms with Crippen LogP contribution in [0.1, 0.15) is 46.5 Å². The number of carbonyl (C=O) groups is 2. The van der Waals surface area contributed by atoms with Gasteiger partial charge in [0.05, 0.1) is 0 Å². The van der Waals surface area contributed by atoms with E-state index in [1.54, 1.807) is 4.90 Å². The first-order valence-corrected chi connectivity index (χ1v) is 6.74. The molecule has 0 bridgehead atoms. The third kappa shape index (κ3) is 4.55. The molecule has 1 aliphatic carbocycles. The number of nitrogens with zero attached hydrogens (tertiary/aromatic N) is 1. The number of aliphatic carboxylic acids is 1. The van der Waals surface area contributed by atoms with E-state index in [-0.39, 0.29) is 18.5 Å². The van der Waals surface area contributed by atoms with Crippen LogP contribution in [0.4, 0.5) is 4.79 Å². The molecule has 1 rings (SSSR count). The molecule has 1 saturated carbocycles. The molecular formula is C13H24N2O3. The molecule has 104 valence electrons. The van der Waals surface area contributed by atoms with E-state index in [0.717, 1.165) is 12.8 Å². The van der Waals surface area contributed by atoms with Crippen LogP contribution in [0.3, 0.4) is 0 Å². The molecule has 0 saturated heterocycles. The second kappa shape index (κ2) is 6.61. The zero-order valence-electron chi connectivity index (χ0n) is 11.5. The molecule has 1 fully saturated rings. The van der Waals surface area contributed by atoms with Crippen molar-refractivity contribution < 1.29 is 14.7 Å². The van der Waals surface area contributed by atoms with E-state index >= 15 is 0 Å². The van der Waals surface area contributed by atoms with Gasteiger partial charge in [0.25, 0.3) is 0 Å². The predicted molar refractivity (Wildman–Crippen MR) is 69.4 cm³/mol. The van der Waals surface area contributed by atoms with E-state index in [1.165, 1.54) is 0 Å². The lowest BCUT2D eigenvalue weighted by molar-refractivity contribution is -0.137. The predicted octanol–water partition coefficient (Wildman–Crippen LogP) is 2.07. The molecule has 2 amide bonds. The number of carboxylic acid groups (broad SMARTS) is 1. The van der Waals surface area contributed by atoms with Crippen molar-refractivity contribution in [2.45, 2.75) is 58.5 Å². The van der Waals surface area contributed by atoms with Crippen LogP contribution < -0.4 is 5.32 Å². The first-order valence-electron chi connectivity index (χ1n) is 6.74. The molecule has 5 nitrogen and oxygen atoms in total. The minimum Gasteiger partial charge on any atom is -0.481 e. The summed E-state index contributed by atoms with van der Waals surface area (Å²) in [5.74, 6) is -0.186. The highest BCUT2D eigenvalue weighted by atomic mass is 16.4. The summed E-state index contributed by atoms with van der Waals surface area (Å²) in [6, 6.07) is 0.359. The molecule has 0 heterocycles. The van der Waals surface area contributed by atoms with E-state index in [0.29, 0.717) is 24.9 Å². The fraction of sp³-hybridized carbons (Fsp3) is 0.846. The van der Waals surface area contributed by atoms with Crippen LogP contribution in [-0.4, -0.2) is 40.6 Å². The minimum absolute atomic E-state index is 0.0589. The van der Waals surface area contributed by atoms with Crippen LogP contribution in [0.15, 0.2) is 0 Å². The van der Waals surface area contributed by atoms with Gasteiger partial charge in [-0.2, -0.15) is 0 Å². The summed E-state index contributed by atoms with van der Waals surface area (Å²) in [7, 11) is 0. The molecule has 5 heteroatoms. The molecule has 0 aromatic rings. The highest BCUT2D eigenvalue weighted by molar-refractivity contribution is 5.75. The zero-order valence-corrected chi connectivity index (χ0v) is 11.5. The van der Waals surface area contributed by atoms with Crippen LogP contribution in [0.25, 0.3) is 0 Å². The molecule has 0 radical (unpaired) electrons. The molecule has 2 N–H and O–H groups in total. The number of urea groups is 1. The van der Waals surface area contributed by atoms with E-state index in [9.17, 15) is 9.59 Å². The summed E-state index contributed by atoms with van der Waals surface area (Å²) in [6.07, 6.45) is 2.79. The summed E-state index contributed by atoms with van der Waals surface area (Å²) in [4.78, 5) is 24.2. The van der Waals surface area contributed by atoms with Gasteiger partial charge in [-0.3, -0.25) is 4.79 Å². The summed E-state index contributed by atoms with van der Waals surface area (Å²) < 4.78 is 0. The topological polar surface area (TPSA) is 69.6 Å². The molecule has 2 unspecified atom stereocenters. The minimum atomic E-state index is -0.813. The maximum absolute atomic E-state index is 12.0. The summed E-state index contributed by atoms with van der Waals surface area (Å²) >= 11 is 0. The van der Waals surface area contributed by atoms with Crippen LogP contribution in [0.5, 0.6) is 0 Å². The second-order valence-electron chi connectivity index (χ2n) is 5.24. The zero-order chi connectivity index (χ0) is 13.7. The van der Waals surface area contributed by atoms with Crippen LogP contribution in [0.2, 0.25) is 0 Å². The number of rotatable bonds is 7. The Morgan fingerprint density at radius 3 is 2.56 bits per heavy atom. The van der Waals surface area contributed by atoms with Crippen molar-refractivity contribution >= 4 is 12.0 Å². The second-order valence-corrected chi connectivity index (χ2v) is 5.24. The van der Waals surface area contributed by atoms with Gasteiger partial charge in [0.2, 0.25) is 0 Å². The van der Waals surface area contributed by atoms with Crippen molar-refractivity contribution in [3.63, 3.8) is 0 Å². The molecule has 0 spiro atoms. The SMILES string of the molecule is CCC1CC1NC(=O)N(CCCC(=O)O)C(C)C. The van der Waals surface area contributed by atoms with Gasteiger partial charge in [-0.1, -0.05) is 13.3 Å².